The Kier molecular flexibility index (Phi) is 14.6. The Balaban J connectivity index is 0.000000304. The molecule has 0 saturated carbocycles. The number of carbonyl (C=O) groups is 3. The lowest BCUT2D eigenvalue weighted by atomic mass is 10.2. The van der Waals surface area contributed by atoms with Gasteiger partial charge in [0, 0.05) is 17.1 Å². The number of halogens is 2. The van der Waals surface area contributed by atoms with Gasteiger partial charge in [0.25, 0.3) is 11.1 Å². The van der Waals surface area contributed by atoms with E-state index in [0.717, 1.165) is 5.75 Å². The molecule has 0 saturated heterocycles. The summed E-state index contributed by atoms with van der Waals surface area (Å²) in [6.07, 6.45) is -0.478. The van der Waals surface area contributed by atoms with Gasteiger partial charge in [-0.2, -0.15) is 0 Å². The van der Waals surface area contributed by atoms with Crippen LogP contribution in [0.2, 0.25) is 10.0 Å². The number of amides is 1. The van der Waals surface area contributed by atoms with Gasteiger partial charge in [-0.25, -0.2) is 9.59 Å². The molecule has 0 radical (unpaired) electrons. The molecule has 0 fully saturated rings. The zero-order valence-electron chi connectivity index (χ0n) is 25.0. The third-order valence-corrected chi connectivity index (χ3v) is 7.07. The van der Waals surface area contributed by atoms with Crippen molar-refractivity contribution < 1.29 is 33.3 Å². The third-order valence-electron chi connectivity index (χ3n) is 5.08. The van der Waals surface area contributed by atoms with Crippen molar-refractivity contribution in [3.05, 3.63) is 68.2 Å². The third kappa shape index (κ3) is 12.3. The summed E-state index contributed by atoms with van der Waals surface area (Å²) in [5.74, 6) is 0.0771. The van der Waals surface area contributed by atoms with Gasteiger partial charge in [0.2, 0.25) is 0 Å². The fourth-order valence-electron chi connectivity index (χ4n) is 3.35. The predicted molar refractivity (Wildman–Crippen MR) is 176 cm³/mol. The molecule has 0 atom stereocenters. The fraction of sp³-hybridized carbons (Fsp3) is 0.400. The van der Waals surface area contributed by atoms with Crippen molar-refractivity contribution in [3.63, 3.8) is 0 Å². The number of allylic oxidation sites excluding steroid dienone is 1. The number of benzene rings is 2. The number of thiocarbonyl (C=S) groups is 1. The van der Waals surface area contributed by atoms with Crippen molar-refractivity contribution in [3.8, 4) is 0 Å². The van der Waals surface area contributed by atoms with Gasteiger partial charge in [-0.05, 0) is 97.1 Å². The summed E-state index contributed by atoms with van der Waals surface area (Å²) in [5, 5.41) is 6.49. The van der Waals surface area contributed by atoms with Crippen LogP contribution in [0.25, 0.3) is 0 Å². The molecular weight excluding hydrogens is 635 g/mol. The van der Waals surface area contributed by atoms with Crippen LogP contribution in [0.5, 0.6) is 0 Å². The predicted octanol–water partition coefficient (Wildman–Crippen LogP) is 7.87. The maximum Gasteiger partial charge on any atom is 0.339 e. The molecule has 13 heteroatoms. The molecule has 2 aromatic rings. The molecule has 9 nitrogen and oxygen atoms in total. The van der Waals surface area contributed by atoms with E-state index in [-0.39, 0.29) is 45.5 Å². The maximum atomic E-state index is 12.3. The summed E-state index contributed by atoms with van der Waals surface area (Å²) in [7, 11) is 0. The van der Waals surface area contributed by atoms with Crippen LogP contribution >= 0.6 is 47.2 Å². The van der Waals surface area contributed by atoms with E-state index in [1.54, 1.807) is 65.0 Å². The van der Waals surface area contributed by atoms with Crippen LogP contribution in [0, 0.1) is 0 Å². The number of ether oxygens (including phenoxy) is 4. The van der Waals surface area contributed by atoms with Crippen molar-refractivity contribution in [2.75, 3.05) is 23.0 Å². The molecule has 0 bridgehead atoms. The van der Waals surface area contributed by atoms with E-state index in [0.29, 0.717) is 33.7 Å². The van der Waals surface area contributed by atoms with Gasteiger partial charge in [-0.1, -0.05) is 23.2 Å². The van der Waals surface area contributed by atoms with Crippen molar-refractivity contribution in [1.82, 2.24) is 0 Å². The highest BCUT2D eigenvalue weighted by Gasteiger charge is 2.20. The normalized spacial score (nSPS) is 12.7. The summed E-state index contributed by atoms with van der Waals surface area (Å²) in [4.78, 5) is 36.8. The van der Waals surface area contributed by atoms with E-state index in [1.165, 1.54) is 17.8 Å². The van der Waals surface area contributed by atoms with Crippen molar-refractivity contribution in [2.45, 2.75) is 66.8 Å². The highest BCUT2D eigenvalue weighted by atomic mass is 35.5. The van der Waals surface area contributed by atoms with E-state index >= 15 is 0 Å². The number of hydrogen-bond donors (Lipinski definition) is 2. The molecule has 0 aliphatic carbocycles. The van der Waals surface area contributed by atoms with Crippen molar-refractivity contribution in [1.29, 1.82) is 0 Å². The van der Waals surface area contributed by atoms with E-state index < -0.39 is 11.9 Å². The molecule has 0 spiro atoms. The summed E-state index contributed by atoms with van der Waals surface area (Å²) in [6.45, 7) is 13.2. The zero-order chi connectivity index (χ0) is 32.3. The summed E-state index contributed by atoms with van der Waals surface area (Å²) < 4.78 is 21.0. The highest BCUT2D eigenvalue weighted by Crippen LogP contribution is 2.28. The number of carbonyl (C=O) groups excluding carboxylic acids is 3. The monoisotopic (exact) mass is 670 g/mol. The first kappa shape index (κ1) is 36.2. The zero-order valence-corrected chi connectivity index (χ0v) is 28.2. The standard InChI is InChI=1S/C16H18ClNO4S.C14H18ClNO3S/c1-9(2)22-16(20)12-8-11(4-5-13(12)17)18-15(19)14-10(3)21-6-7-23-14;1-8(2)18-13(17)11-7-10(5-6-12(11)15)16-14(20)19-9(3)4/h4-5,8-9H,6-7H2,1-3H3,(H,18,19);5-9H,1-4H3,(H,16,20). The molecule has 2 aromatic carbocycles. The number of nitrogens with one attached hydrogen (secondary N) is 2. The molecule has 234 valence electrons. The maximum absolute atomic E-state index is 12.3. The Hall–Kier alpha value is -2.99. The first-order chi connectivity index (χ1) is 20.2. The molecule has 43 heavy (non-hydrogen) atoms. The number of anilines is 2. The Labute approximate surface area is 271 Å². The van der Waals surface area contributed by atoms with Gasteiger partial charge < -0.3 is 29.6 Å². The van der Waals surface area contributed by atoms with Crippen LogP contribution < -0.4 is 10.6 Å². The van der Waals surface area contributed by atoms with Crippen LogP contribution in [0.15, 0.2) is 47.1 Å². The number of esters is 2. The number of thioether (sulfide) groups is 1. The van der Waals surface area contributed by atoms with Crippen LogP contribution in [0.1, 0.15) is 69.2 Å². The molecule has 1 aliphatic heterocycles. The molecular formula is C30H36Cl2N2O7S2. The average molecular weight is 672 g/mol. The van der Waals surface area contributed by atoms with E-state index in [1.807, 2.05) is 13.8 Å². The van der Waals surface area contributed by atoms with Crippen molar-refractivity contribution in [2.24, 2.45) is 0 Å². The minimum absolute atomic E-state index is 0.0207. The lowest BCUT2D eigenvalue weighted by molar-refractivity contribution is -0.112. The van der Waals surface area contributed by atoms with Gasteiger partial charge in [-0.3, -0.25) is 4.79 Å². The van der Waals surface area contributed by atoms with Crippen LogP contribution in [-0.4, -0.2) is 53.7 Å². The average Bonchev–Trinajstić information content (AvgIpc) is 2.90. The van der Waals surface area contributed by atoms with Gasteiger partial charge in [0.05, 0.1) is 46.1 Å². The van der Waals surface area contributed by atoms with Crippen LogP contribution in [0.3, 0.4) is 0 Å². The SMILES string of the molecule is CC(C)OC(=O)c1cc(NC(=S)OC(C)C)ccc1Cl.CC1=C(C(=O)Nc2ccc(Cl)c(C(=O)OC(C)C)c2)SCCO1. The minimum Gasteiger partial charge on any atom is -0.496 e. The molecule has 2 N–H and O–H groups in total. The molecule has 1 amide bonds. The molecule has 0 aromatic heterocycles. The Morgan fingerprint density at radius 3 is 1.72 bits per heavy atom. The van der Waals surface area contributed by atoms with E-state index in [9.17, 15) is 14.4 Å². The highest BCUT2D eigenvalue weighted by molar-refractivity contribution is 8.04. The van der Waals surface area contributed by atoms with Crippen LogP contribution in [-0.2, 0) is 23.7 Å². The van der Waals surface area contributed by atoms with Gasteiger partial charge >= 0.3 is 11.9 Å². The Bertz CT molecular complexity index is 1360. The largest absolute Gasteiger partial charge is 0.496 e. The Morgan fingerprint density at radius 1 is 0.814 bits per heavy atom. The minimum atomic E-state index is -0.521. The summed E-state index contributed by atoms with van der Waals surface area (Å²) in [5.41, 5.74) is 1.60. The molecule has 1 heterocycles. The second-order valence-corrected chi connectivity index (χ2v) is 12.2. The first-order valence-corrected chi connectivity index (χ1v) is 15.6. The Morgan fingerprint density at radius 2 is 1.28 bits per heavy atom. The second-order valence-electron chi connectivity index (χ2n) is 9.91. The van der Waals surface area contributed by atoms with E-state index in [2.05, 4.69) is 10.6 Å². The first-order valence-electron chi connectivity index (χ1n) is 13.4. The number of rotatable bonds is 8. The van der Waals surface area contributed by atoms with E-state index in [4.69, 9.17) is 54.4 Å². The lowest BCUT2D eigenvalue weighted by Crippen LogP contribution is -2.19. The lowest BCUT2D eigenvalue weighted by Gasteiger charge is -2.18. The van der Waals surface area contributed by atoms with Gasteiger partial charge in [-0.15, -0.1) is 11.8 Å². The quantitative estimate of drug-likeness (QED) is 0.212. The second kappa shape index (κ2) is 17.3. The number of hydrogen-bond acceptors (Lipinski definition) is 9. The van der Waals surface area contributed by atoms with Crippen molar-refractivity contribution >= 4 is 81.6 Å². The molecule has 1 aliphatic rings. The fourth-order valence-corrected chi connectivity index (χ4v) is 4.87. The van der Waals surface area contributed by atoms with Crippen LogP contribution in [0.4, 0.5) is 11.4 Å². The molecule has 0 unspecified atom stereocenters. The summed E-state index contributed by atoms with van der Waals surface area (Å²) >= 11 is 18.5. The molecule has 3 rings (SSSR count). The smallest absolute Gasteiger partial charge is 0.339 e. The topological polar surface area (TPSA) is 112 Å². The van der Waals surface area contributed by atoms with Gasteiger partial charge in [0.1, 0.15) is 10.7 Å². The van der Waals surface area contributed by atoms with Gasteiger partial charge in [0.15, 0.2) is 0 Å². The summed E-state index contributed by atoms with van der Waals surface area (Å²) in [6, 6.07) is 9.61.